The van der Waals surface area contributed by atoms with Crippen molar-refractivity contribution in [3.63, 3.8) is 0 Å². The maximum absolute atomic E-state index is 13.2. The number of carbonyl (C=O) groups is 1. The third-order valence-corrected chi connectivity index (χ3v) is 8.13. The summed E-state index contributed by atoms with van der Waals surface area (Å²) < 4.78 is 27.5. The molecule has 9 heteroatoms. The second-order valence-electron chi connectivity index (χ2n) is 8.17. The number of rotatable bonds is 9. The summed E-state index contributed by atoms with van der Waals surface area (Å²) in [6.45, 7) is 6.50. The van der Waals surface area contributed by atoms with Crippen LogP contribution in [0.1, 0.15) is 42.9 Å². The molecular formula is C24H31N5O3S. The number of amides is 1. The third kappa shape index (κ3) is 4.89. The smallest absolute Gasteiger partial charge is 0.253 e. The van der Waals surface area contributed by atoms with Crippen molar-refractivity contribution in [3.05, 3.63) is 53.9 Å². The number of sulfonamides is 1. The molecule has 1 aromatic heterocycles. The molecule has 0 saturated carbocycles. The standard InChI is InChI=1S/C24H31N5O3S/c1-3-29(4-2)33(31,32)18-11-12-22(28-15-7-8-16-28)19(17-18)24(30)25-14-13-23-26-20-9-5-6-10-21(20)27-23/h5-6,9-12,17H,3-4,7-8,13-16H2,1-2H3,(H,25,30)(H,26,27). The number of para-hydroxylation sites is 2. The van der Waals surface area contributed by atoms with Crippen molar-refractivity contribution in [2.75, 3.05) is 37.6 Å². The molecule has 0 aliphatic carbocycles. The normalized spacial score (nSPS) is 14.3. The minimum Gasteiger partial charge on any atom is -0.371 e. The molecular weight excluding hydrogens is 438 g/mol. The molecule has 1 aliphatic heterocycles. The van der Waals surface area contributed by atoms with Crippen LogP contribution in [0.25, 0.3) is 11.0 Å². The summed E-state index contributed by atoms with van der Waals surface area (Å²) >= 11 is 0. The summed E-state index contributed by atoms with van der Waals surface area (Å²) in [7, 11) is -3.66. The predicted octanol–water partition coefficient (Wildman–Crippen LogP) is 3.17. The number of carbonyl (C=O) groups excluding carboxylic acids is 1. The van der Waals surface area contributed by atoms with Crippen LogP contribution in [-0.4, -0.2) is 61.3 Å². The van der Waals surface area contributed by atoms with E-state index in [9.17, 15) is 13.2 Å². The van der Waals surface area contributed by atoms with Crippen LogP contribution in [0.15, 0.2) is 47.4 Å². The highest BCUT2D eigenvalue weighted by Crippen LogP contribution is 2.28. The van der Waals surface area contributed by atoms with Crippen molar-refractivity contribution in [2.24, 2.45) is 0 Å². The Labute approximate surface area is 195 Å². The molecule has 0 atom stereocenters. The monoisotopic (exact) mass is 469 g/mol. The summed E-state index contributed by atoms with van der Waals surface area (Å²) in [6, 6.07) is 12.7. The minimum absolute atomic E-state index is 0.150. The van der Waals surface area contributed by atoms with Gasteiger partial charge in [-0.1, -0.05) is 26.0 Å². The lowest BCUT2D eigenvalue weighted by atomic mass is 10.1. The molecule has 8 nitrogen and oxygen atoms in total. The maximum atomic E-state index is 13.2. The minimum atomic E-state index is -3.66. The topological polar surface area (TPSA) is 98.4 Å². The van der Waals surface area contributed by atoms with Crippen LogP contribution in [-0.2, 0) is 16.4 Å². The van der Waals surface area contributed by atoms with Gasteiger partial charge in [0.2, 0.25) is 10.0 Å². The Hall–Kier alpha value is -2.91. The first kappa shape index (κ1) is 23.3. The van der Waals surface area contributed by atoms with Crippen LogP contribution in [0.2, 0.25) is 0 Å². The fourth-order valence-electron chi connectivity index (χ4n) is 4.32. The lowest BCUT2D eigenvalue weighted by Crippen LogP contribution is -2.32. The van der Waals surface area contributed by atoms with Crippen LogP contribution in [0.5, 0.6) is 0 Å². The Morgan fingerprint density at radius 2 is 1.85 bits per heavy atom. The first-order valence-corrected chi connectivity index (χ1v) is 13.0. The third-order valence-electron chi connectivity index (χ3n) is 6.09. The van der Waals surface area contributed by atoms with E-state index in [4.69, 9.17) is 0 Å². The quantitative estimate of drug-likeness (QED) is 0.502. The van der Waals surface area contributed by atoms with Crippen LogP contribution in [0.3, 0.4) is 0 Å². The van der Waals surface area contributed by atoms with Gasteiger partial charge in [0.25, 0.3) is 5.91 Å². The number of hydrogen-bond acceptors (Lipinski definition) is 5. The van der Waals surface area contributed by atoms with Gasteiger partial charge in [-0.15, -0.1) is 0 Å². The van der Waals surface area contributed by atoms with Gasteiger partial charge in [0.15, 0.2) is 0 Å². The van der Waals surface area contributed by atoms with E-state index >= 15 is 0 Å². The maximum Gasteiger partial charge on any atom is 0.253 e. The molecule has 4 rings (SSSR count). The number of imidazole rings is 1. The van der Waals surface area contributed by atoms with Crippen LogP contribution in [0.4, 0.5) is 5.69 Å². The highest BCUT2D eigenvalue weighted by atomic mass is 32.2. The van der Waals surface area contributed by atoms with Gasteiger partial charge in [-0.3, -0.25) is 4.79 Å². The van der Waals surface area contributed by atoms with Crippen molar-refractivity contribution in [3.8, 4) is 0 Å². The largest absolute Gasteiger partial charge is 0.371 e. The molecule has 0 radical (unpaired) electrons. The zero-order valence-electron chi connectivity index (χ0n) is 19.2. The molecule has 1 amide bonds. The molecule has 0 spiro atoms. The second-order valence-corrected chi connectivity index (χ2v) is 10.1. The van der Waals surface area contributed by atoms with Crippen molar-refractivity contribution in [1.29, 1.82) is 0 Å². The Kier molecular flexibility index (Phi) is 6.99. The molecule has 0 bridgehead atoms. The van der Waals surface area contributed by atoms with Gasteiger partial charge >= 0.3 is 0 Å². The van der Waals surface area contributed by atoms with Gasteiger partial charge in [-0.25, -0.2) is 13.4 Å². The predicted molar refractivity (Wildman–Crippen MR) is 130 cm³/mol. The zero-order chi connectivity index (χ0) is 23.4. The van der Waals surface area contributed by atoms with Crippen LogP contribution in [0, 0.1) is 0 Å². The molecule has 3 aromatic rings. The summed E-state index contributed by atoms with van der Waals surface area (Å²) in [5.41, 5.74) is 3.04. The SMILES string of the molecule is CCN(CC)S(=O)(=O)c1ccc(N2CCCC2)c(C(=O)NCCc2nc3ccccc3[nH]2)c1. The molecule has 1 fully saturated rings. The van der Waals surface area contributed by atoms with Crippen LogP contribution >= 0.6 is 0 Å². The van der Waals surface area contributed by atoms with Gasteiger partial charge in [0.1, 0.15) is 5.82 Å². The Morgan fingerprint density at radius 1 is 1.12 bits per heavy atom. The van der Waals surface area contributed by atoms with Crippen molar-refractivity contribution >= 4 is 32.7 Å². The number of benzene rings is 2. The first-order chi connectivity index (χ1) is 15.9. The van der Waals surface area contributed by atoms with Gasteiger partial charge < -0.3 is 15.2 Å². The zero-order valence-corrected chi connectivity index (χ0v) is 20.0. The molecule has 2 heterocycles. The Bertz CT molecular complexity index is 1190. The van der Waals surface area contributed by atoms with Crippen molar-refractivity contribution in [2.45, 2.75) is 38.0 Å². The molecule has 1 saturated heterocycles. The van der Waals surface area contributed by atoms with E-state index in [-0.39, 0.29) is 10.8 Å². The molecule has 1 aliphatic rings. The van der Waals surface area contributed by atoms with Gasteiger partial charge in [0, 0.05) is 44.8 Å². The van der Waals surface area contributed by atoms with E-state index < -0.39 is 10.0 Å². The van der Waals surface area contributed by atoms with Crippen LogP contribution < -0.4 is 10.2 Å². The highest BCUT2D eigenvalue weighted by molar-refractivity contribution is 7.89. The first-order valence-electron chi connectivity index (χ1n) is 11.5. The van der Waals surface area contributed by atoms with E-state index in [0.29, 0.717) is 31.6 Å². The number of fused-ring (bicyclic) bond motifs is 1. The average Bonchev–Trinajstić information content (AvgIpc) is 3.49. The Balaban J connectivity index is 1.55. The van der Waals surface area contributed by atoms with Gasteiger partial charge in [0.05, 0.1) is 21.5 Å². The lowest BCUT2D eigenvalue weighted by molar-refractivity contribution is 0.0954. The van der Waals surface area contributed by atoms with E-state index in [1.165, 1.54) is 10.4 Å². The number of nitrogens with one attached hydrogen (secondary N) is 2. The average molecular weight is 470 g/mol. The number of aromatic nitrogens is 2. The number of nitrogens with zero attached hydrogens (tertiary/aromatic N) is 3. The van der Waals surface area contributed by atoms with Gasteiger partial charge in [-0.2, -0.15) is 4.31 Å². The van der Waals surface area contributed by atoms with E-state index in [2.05, 4.69) is 20.2 Å². The number of hydrogen-bond donors (Lipinski definition) is 2. The number of H-pyrrole nitrogens is 1. The molecule has 33 heavy (non-hydrogen) atoms. The molecule has 176 valence electrons. The van der Waals surface area contributed by atoms with Crippen molar-refractivity contribution < 1.29 is 13.2 Å². The fourth-order valence-corrected chi connectivity index (χ4v) is 5.80. The summed E-state index contributed by atoms with van der Waals surface area (Å²) in [5, 5.41) is 2.96. The van der Waals surface area contributed by atoms with Gasteiger partial charge in [-0.05, 0) is 43.2 Å². The Morgan fingerprint density at radius 3 is 2.55 bits per heavy atom. The second kappa shape index (κ2) is 9.93. The number of aromatic amines is 1. The highest BCUT2D eigenvalue weighted by Gasteiger charge is 2.26. The summed E-state index contributed by atoms with van der Waals surface area (Å²) in [5.74, 6) is 0.527. The number of anilines is 1. The lowest BCUT2D eigenvalue weighted by Gasteiger charge is -2.23. The fraction of sp³-hybridized carbons (Fsp3) is 0.417. The summed E-state index contributed by atoms with van der Waals surface area (Å²) in [4.78, 5) is 23.3. The molecule has 0 unspecified atom stereocenters. The summed E-state index contributed by atoms with van der Waals surface area (Å²) in [6.07, 6.45) is 2.68. The molecule has 2 N–H and O–H groups in total. The van der Waals surface area contributed by atoms with E-state index in [1.54, 1.807) is 12.1 Å². The van der Waals surface area contributed by atoms with E-state index in [0.717, 1.165) is 48.5 Å². The molecule has 2 aromatic carbocycles. The van der Waals surface area contributed by atoms with E-state index in [1.807, 2.05) is 38.1 Å². The van der Waals surface area contributed by atoms with Crippen molar-refractivity contribution in [1.82, 2.24) is 19.6 Å².